The number of carbonyl (C=O) groups is 1. The highest BCUT2D eigenvalue weighted by Gasteiger charge is 2.10. The van der Waals surface area contributed by atoms with E-state index in [9.17, 15) is 9.18 Å². The highest BCUT2D eigenvalue weighted by atomic mass is 19.1. The zero-order valence-corrected chi connectivity index (χ0v) is 8.40. The number of carboxylic acids is 1. The molecule has 0 atom stereocenters. The van der Waals surface area contributed by atoms with Crippen LogP contribution < -0.4 is 4.90 Å². The second kappa shape index (κ2) is 4.59. The first-order valence-corrected chi connectivity index (χ1v) is 4.39. The van der Waals surface area contributed by atoms with E-state index in [4.69, 9.17) is 5.11 Å². The van der Waals surface area contributed by atoms with Gasteiger partial charge in [-0.25, -0.2) is 9.18 Å². The van der Waals surface area contributed by atoms with Gasteiger partial charge in [-0.3, -0.25) is 0 Å². The number of aliphatic carboxylic acids is 1. The second-order valence-electron chi connectivity index (χ2n) is 3.22. The zero-order chi connectivity index (χ0) is 11.4. The third-order valence-corrected chi connectivity index (χ3v) is 1.99. The molecule has 0 saturated heterocycles. The molecule has 0 spiro atoms. The van der Waals surface area contributed by atoms with Gasteiger partial charge in [0.05, 0.1) is 5.69 Å². The molecule has 0 bridgehead atoms. The number of para-hydroxylation sites is 1. The molecule has 0 unspecified atom stereocenters. The number of benzene rings is 1. The quantitative estimate of drug-likeness (QED) is 0.770. The lowest BCUT2D eigenvalue weighted by atomic mass is 10.2. The predicted molar refractivity (Wildman–Crippen MR) is 56.4 cm³/mol. The number of likely N-dealkylation sites (N-methyl/N-ethyl adjacent to an activating group) is 1. The number of nitrogens with zero attached hydrogens (tertiary/aromatic N) is 1. The molecule has 0 radical (unpaired) electrons. The van der Waals surface area contributed by atoms with Gasteiger partial charge in [-0.1, -0.05) is 18.7 Å². The first kappa shape index (κ1) is 11.2. The molecule has 0 aliphatic rings. The van der Waals surface area contributed by atoms with E-state index in [0.29, 0.717) is 5.69 Å². The zero-order valence-electron chi connectivity index (χ0n) is 8.40. The Balaban J connectivity index is 2.78. The van der Waals surface area contributed by atoms with E-state index in [1.807, 2.05) is 0 Å². The summed E-state index contributed by atoms with van der Waals surface area (Å²) < 4.78 is 13.3. The first-order valence-electron chi connectivity index (χ1n) is 4.39. The van der Waals surface area contributed by atoms with Crippen molar-refractivity contribution in [3.05, 3.63) is 42.2 Å². The molecule has 1 aromatic carbocycles. The van der Waals surface area contributed by atoms with Crippen LogP contribution in [0.2, 0.25) is 0 Å². The summed E-state index contributed by atoms with van der Waals surface area (Å²) in [5, 5.41) is 8.63. The minimum absolute atomic E-state index is 0.0285. The van der Waals surface area contributed by atoms with Crippen molar-refractivity contribution < 1.29 is 14.3 Å². The lowest BCUT2D eigenvalue weighted by Crippen LogP contribution is -2.23. The summed E-state index contributed by atoms with van der Waals surface area (Å²) in [6.45, 7) is 3.48. The Labute approximate surface area is 87.4 Å². The van der Waals surface area contributed by atoms with Gasteiger partial charge in [-0.05, 0) is 12.1 Å². The van der Waals surface area contributed by atoms with Crippen molar-refractivity contribution in [1.82, 2.24) is 0 Å². The Morgan fingerprint density at radius 2 is 2.13 bits per heavy atom. The van der Waals surface area contributed by atoms with Gasteiger partial charge in [0.1, 0.15) is 5.82 Å². The molecule has 3 nitrogen and oxygen atoms in total. The summed E-state index contributed by atoms with van der Waals surface area (Å²) in [6, 6.07) is 6.19. The Kier molecular flexibility index (Phi) is 3.44. The molecule has 4 heteroatoms. The summed E-state index contributed by atoms with van der Waals surface area (Å²) in [6.07, 6.45) is 0. The van der Waals surface area contributed by atoms with Crippen molar-refractivity contribution in [2.75, 3.05) is 18.5 Å². The number of anilines is 1. The van der Waals surface area contributed by atoms with E-state index in [2.05, 4.69) is 6.58 Å². The average molecular weight is 209 g/mol. The monoisotopic (exact) mass is 209 g/mol. The minimum atomic E-state index is -1.07. The van der Waals surface area contributed by atoms with Crippen LogP contribution in [0.4, 0.5) is 10.1 Å². The maximum Gasteiger partial charge on any atom is 0.332 e. The SMILES string of the molecule is C=C(CN(C)c1ccccc1F)C(=O)O. The highest BCUT2D eigenvalue weighted by Crippen LogP contribution is 2.17. The molecule has 0 amide bonds. The standard InChI is InChI=1S/C11H12FNO2/c1-8(11(14)15)7-13(2)10-6-4-3-5-9(10)12/h3-6H,1,7H2,2H3,(H,14,15). The van der Waals surface area contributed by atoms with Gasteiger partial charge in [0.15, 0.2) is 0 Å². The molecule has 0 aromatic heterocycles. The van der Waals surface area contributed by atoms with Gasteiger partial charge in [0.2, 0.25) is 0 Å². The average Bonchev–Trinajstić information content (AvgIpc) is 2.18. The lowest BCUT2D eigenvalue weighted by molar-refractivity contribution is -0.132. The van der Waals surface area contributed by atoms with E-state index in [1.165, 1.54) is 11.0 Å². The number of hydrogen-bond donors (Lipinski definition) is 1. The van der Waals surface area contributed by atoms with Crippen molar-refractivity contribution in [2.45, 2.75) is 0 Å². The topological polar surface area (TPSA) is 40.5 Å². The number of halogens is 1. The maximum absolute atomic E-state index is 13.3. The Bertz CT molecular complexity index is 390. The van der Waals surface area contributed by atoms with Crippen LogP contribution in [0, 0.1) is 5.82 Å². The van der Waals surface area contributed by atoms with Crippen molar-refractivity contribution in [3.8, 4) is 0 Å². The predicted octanol–water partition coefficient (Wildman–Crippen LogP) is 1.90. The van der Waals surface area contributed by atoms with Crippen LogP contribution in [0.3, 0.4) is 0 Å². The van der Waals surface area contributed by atoms with E-state index in [0.717, 1.165) is 0 Å². The van der Waals surface area contributed by atoms with Gasteiger partial charge in [-0.2, -0.15) is 0 Å². The molecule has 0 heterocycles. The van der Waals surface area contributed by atoms with E-state index in [-0.39, 0.29) is 17.9 Å². The molecule has 1 aromatic rings. The summed E-state index contributed by atoms with van der Waals surface area (Å²) in [7, 11) is 1.62. The van der Waals surface area contributed by atoms with Crippen molar-refractivity contribution in [1.29, 1.82) is 0 Å². The number of hydrogen-bond acceptors (Lipinski definition) is 2. The Morgan fingerprint density at radius 3 is 2.67 bits per heavy atom. The molecule has 0 aliphatic carbocycles. The number of carboxylic acid groups (broad SMARTS) is 1. The third-order valence-electron chi connectivity index (χ3n) is 1.99. The van der Waals surface area contributed by atoms with E-state index in [1.54, 1.807) is 25.2 Å². The van der Waals surface area contributed by atoms with Crippen LogP contribution in [0.5, 0.6) is 0 Å². The molecule has 80 valence electrons. The normalized spacial score (nSPS) is 9.73. The van der Waals surface area contributed by atoms with Crippen LogP contribution in [-0.4, -0.2) is 24.7 Å². The van der Waals surface area contributed by atoms with E-state index >= 15 is 0 Å². The van der Waals surface area contributed by atoms with Gasteiger partial charge < -0.3 is 10.0 Å². The molecule has 0 aliphatic heterocycles. The van der Waals surface area contributed by atoms with Gasteiger partial charge in [-0.15, -0.1) is 0 Å². The summed E-state index contributed by atoms with van der Waals surface area (Å²) in [5.41, 5.74) is 0.389. The molecule has 1 N–H and O–H groups in total. The smallest absolute Gasteiger partial charge is 0.332 e. The maximum atomic E-state index is 13.3. The van der Waals surface area contributed by atoms with Crippen molar-refractivity contribution in [2.24, 2.45) is 0 Å². The summed E-state index contributed by atoms with van der Waals surface area (Å²) in [5.74, 6) is -1.45. The van der Waals surface area contributed by atoms with Crippen LogP contribution in [0.25, 0.3) is 0 Å². The molecule has 0 fully saturated rings. The summed E-state index contributed by atoms with van der Waals surface area (Å²) >= 11 is 0. The molecular weight excluding hydrogens is 197 g/mol. The van der Waals surface area contributed by atoms with Crippen LogP contribution in [0.1, 0.15) is 0 Å². The van der Waals surface area contributed by atoms with Crippen molar-refractivity contribution in [3.63, 3.8) is 0 Å². The van der Waals surface area contributed by atoms with Crippen LogP contribution >= 0.6 is 0 Å². The van der Waals surface area contributed by atoms with Gasteiger partial charge in [0, 0.05) is 19.2 Å². The fourth-order valence-electron chi connectivity index (χ4n) is 1.20. The van der Waals surface area contributed by atoms with Crippen LogP contribution in [0.15, 0.2) is 36.4 Å². The molecule has 15 heavy (non-hydrogen) atoms. The van der Waals surface area contributed by atoms with Crippen molar-refractivity contribution >= 4 is 11.7 Å². The fraction of sp³-hybridized carbons (Fsp3) is 0.182. The number of rotatable bonds is 4. The molecule has 1 rings (SSSR count). The lowest BCUT2D eigenvalue weighted by Gasteiger charge is -2.19. The fourth-order valence-corrected chi connectivity index (χ4v) is 1.20. The largest absolute Gasteiger partial charge is 0.478 e. The Hall–Kier alpha value is -1.84. The molecule has 0 saturated carbocycles. The molecular formula is C11H12FNO2. The second-order valence-corrected chi connectivity index (χ2v) is 3.22. The van der Waals surface area contributed by atoms with Crippen LogP contribution in [-0.2, 0) is 4.79 Å². The summed E-state index contributed by atoms with van der Waals surface area (Å²) in [4.78, 5) is 12.0. The third kappa shape index (κ3) is 2.80. The first-order chi connectivity index (χ1) is 7.02. The van der Waals surface area contributed by atoms with Gasteiger partial charge in [0.25, 0.3) is 0 Å². The van der Waals surface area contributed by atoms with E-state index < -0.39 is 5.97 Å². The van der Waals surface area contributed by atoms with Gasteiger partial charge >= 0.3 is 5.97 Å². The highest BCUT2D eigenvalue weighted by molar-refractivity contribution is 5.87. The Morgan fingerprint density at radius 1 is 1.53 bits per heavy atom. The minimum Gasteiger partial charge on any atom is -0.478 e.